The van der Waals surface area contributed by atoms with Crippen LogP contribution in [0.5, 0.6) is 5.75 Å². The molecule has 0 spiro atoms. The fraction of sp³-hybridized carbons (Fsp3) is 0.647. The van der Waals surface area contributed by atoms with Crippen LogP contribution in [0.4, 0.5) is 5.69 Å². The Balaban J connectivity index is 1.73. The number of ether oxygens (including phenoxy) is 1. The third-order valence-electron chi connectivity index (χ3n) is 4.18. The first kappa shape index (κ1) is 16.5. The molecule has 1 aromatic carbocycles. The predicted molar refractivity (Wildman–Crippen MR) is 94.0 cm³/mol. The maximum Gasteiger partial charge on any atom is 0.142 e. The van der Waals surface area contributed by atoms with Gasteiger partial charge in [-0.1, -0.05) is 25.0 Å². The molecule has 0 unspecified atom stereocenters. The topological polar surface area (TPSA) is 15.7 Å². The van der Waals surface area contributed by atoms with E-state index in [1.165, 1.54) is 37.9 Å². The van der Waals surface area contributed by atoms with E-state index < -0.39 is 0 Å². The first-order chi connectivity index (χ1) is 10.3. The standard InChI is InChI=1S/C17H28N2OS/c1-20-17-9-5-4-8-16(17)19-13-11-18(12-14-19)10-6-2-3-7-15-21/h4-5,8-9,21H,2-3,6-7,10-15H2,1H3. The van der Waals surface area contributed by atoms with Crippen molar-refractivity contribution in [1.82, 2.24) is 4.90 Å². The lowest BCUT2D eigenvalue weighted by Gasteiger charge is -2.36. The Labute approximate surface area is 134 Å². The minimum atomic E-state index is 0.984. The van der Waals surface area contributed by atoms with Gasteiger partial charge in [0.25, 0.3) is 0 Å². The SMILES string of the molecule is COc1ccccc1N1CCN(CCCCCCS)CC1. The molecule has 1 heterocycles. The zero-order valence-electron chi connectivity index (χ0n) is 13.1. The lowest BCUT2D eigenvalue weighted by atomic mass is 10.2. The molecule has 0 atom stereocenters. The van der Waals surface area contributed by atoms with E-state index in [2.05, 4.69) is 34.6 Å². The monoisotopic (exact) mass is 308 g/mol. The Morgan fingerprint density at radius 1 is 1.00 bits per heavy atom. The number of methoxy groups -OCH3 is 1. The van der Waals surface area contributed by atoms with Crippen LogP contribution in [-0.2, 0) is 0 Å². The molecule has 4 heteroatoms. The second kappa shape index (κ2) is 9.21. The van der Waals surface area contributed by atoms with Crippen molar-refractivity contribution in [3.63, 3.8) is 0 Å². The van der Waals surface area contributed by atoms with Crippen LogP contribution in [0.2, 0.25) is 0 Å². The Bertz CT molecular complexity index is 406. The van der Waals surface area contributed by atoms with Crippen molar-refractivity contribution in [1.29, 1.82) is 0 Å². The summed E-state index contributed by atoms with van der Waals surface area (Å²) in [5, 5.41) is 0. The zero-order chi connectivity index (χ0) is 14.9. The molecule has 1 aliphatic rings. The van der Waals surface area contributed by atoms with E-state index in [4.69, 9.17) is 4.74 Å². The molecular weight excluding hydrogens is 280 g/mol. The molecule has 21 heavy (non-hydrogen) atoms. The molecule has 118 valence electrons. The van der Waals surface area contributed by atoms with Crippen LogP contribution in [-0.4, -0.2) is 50.5 Å². The number of benzene rings is 1. The highest BCUT2D eigenvalue weighted by Crippen LogP contribution is 2.28. The number of hydrogen-bond donors (Lipinski definition) is 1. The van der Waals surface area contributed by atoms with Crippen molar-refractivity contribution in [2.75, 3.05) is 50.5 Å². The summed E-state index contributed by atoms with van der Waals surface area (Å²) in [4.78, 5) is 5.03. The molecule has 0 N–H and O–H groups in total. The highest BCUT2D eigenvalue weighted by atomic mass is 32.1. The van der Waals surface area contributed by atoms with Gasteiger partial charge in [-0.2, -0.15) is 12.6 Å². The number of rotatable bonds is 8. The van der Waals surface area contributed by atoms with Crippen LogP contribution >= 0.6 is 12.6 Å². The number of anilines is 1. The van der Waals surface area contributed by atoms with E-state index in [9.17, 15) is 0 Å². The average molecular weight is 308 g/mol. The molecule has 0 aliphatic carbocycles. The van der Waals surface area contributed by atoms with Gasteiger partial charge >= 0.3 is 0 Å². The largest absolute Gasteiger partial charge is 0.495 e. The van der Waals surface area contributed by atoms with Gasteiger partial charge in [-0.15, -0.1) is 0 Å². The van der Waals surface area contributed by atoms with Crippen molar-refractivity contribution in [2.45, 2.75) is 25.7 Å². The zero-order valence-corrected chi connectivity index (χ0v) is 14.0. The minimum absolute atomic E-state index is 0.984. The summed E-state index contributed by atoms with van der Waals surface area (Å²) >= 11 is 4.26. The average Bonchev–Trinajstić information content (AvgIpc) is 2.55. The number of piperazine rings is 1. The van der Waals surface area contributed by atoms with Gasteiger partial charge < -0.3 is 9.64 Å². The summed E-state index contributed by atoms with van der Waals surface area (Å²) in [6.45, 7) is 5.75. The molecule has 3 nitrogen and oxygen atoms in total. The van der Waals surface area contributed by atoms with Gasteiger partial charge in [-0.25, -0.2) is 0 Å². The van der Waals surface area contributed by atoms with Crippen LogP contribution in [0.15, 0.2) is 24.3 Å². The molecule has 1 aliphatic heterocycles. The molecule has 0 amide bonds. The second-order valence-corrected chi connectivity index (χ2v) is 6.09. The van der Waals surface area contributed by atoms with E-state index in [0.717, 1.165) is 37.7 Å². The number of hydrogen-bond acceptors (Lipinski definition) is 4. The summed E-state index contributed by atoms with van der Waals surface area (Å²) in [7, 11) is 1.75. The van der Waals surface area contributed by atoms with E-state index in [1.54, 1.807) is 7.11 Å². The van der Waals surface area contributed by atoms with Gasteiger partial charge in [0, 0.05) is 26.2 Å². The molecule has 1 saturated heterocycles. The first-order valence-corrected chi connectivity index (χ1v) is 8.69. The van der Waals surface area contributed by atoms with Crippen LogP contribution in [0, 0.1) is 0 Å². The molecule has 0 aromatic heterocycles. The van der Waals surface area contributed by atoms with Gasteiger partial charge in [0.1, 0.15) is 5.75 Å². The molecule has 0 saturated carbocycles. The fourth-order valence-corrected chi connectivity index (χ4v) is 3.13. The highest BCUT2D eigenvalue weighted by Gasteiger charge is 2.18. The minimum Gasteiger partial charge on any atom is -0.495 e. The van der Waals surface area contributed by atoms with E-state index >= 15 is 0 Å². The number of para-hydroxylation sites is 2. The second-order valence-electron chi connectivity index (χ2n) is 5.64. The summed E-state index contributed by atoms with van der Waals surface area (Å²) in [6, 6.07) is 8.32. The van der Waals surface area contributed by atoms with Crippen LogP contribution in [0.25, 0.3) is 0 Å². The van der Waals surface area contributed by atoms with Gasteiger partial charge in [0.15, 0.2) is 0 Å². The van der Waals surface area contributed by atoms with Crippen molar-refractivity contribution in [3.8, 4) is 5.75 Å². The van der Waals surface area contributed by atoms with Crippen LogP contribution in [0.3, 0.4) is 0 Å². The van der Waals surface area contributed by atoms with E-state index in [1.807, 2.05) is 12.1 Å². The van der Waals surface area contributed by atoms with Gasteiger partial charge in [0.05, 0.1) is 12.8 Å². The van der Waals surface area contributed by atoms with Gasteiger partial charge in [0.2, 0.25) is 0 Å². The first-order valence-electron chi connectivity index (χ1n) is 8.06. The van der Waals surface area contributed by atoms with Crippen molar-refractivity contribution >= 4 is 18.3 Å². The summed E-state index contributed by atoms with van der Waals surface area (Å²) < 4.78 is 5.47. The third-order valence-corrected chi connectivity index (χ3v) is 4.50. The third kappa shape index (κ3) is 5.11. The van der Waals surface area contributed by atoms with Crippen LogP contribution in [0.1, 0.15) is 25.7 Å². The molecular formula is C17H28N2OS. The number of unbranched alkanes of at least 4 members (excludes halogenated alkanes) is 3. The maximum absolute atomic E-state index is 5.47. The van der Waals surface area contributed by atoms with Gasteiger partial charge in [-0.05, 0) is 37.3 Å². The Morgan fingerprint density at radius 2 is 1.71 bits per heavy atom. The van der Waals surface area contributed by atoms with Crippen molar-refractivity contribution in [3.05, 3.63) is 24.3 Å². The molecule has 2 rings (SSSR count). The van der Waals surface area contributed by atoms with E-state index in [-0.39, 0.29) is 0 Å². The lowest BCUT2D eigenvalue weighted by Crippen LogP contribution is -2.46. The smallest absolute Gasteiger partial charge is 0.142 e. The van der Waals surface area contributed by atoms with Gasteiger partial charge in [-0.3, -0.25) is 4.90 Å². The van der Waals surface area contributed by atoms with Crippen LogP contribution < -0.4 is 9.64 Å². The number of thiol groups is 1. The van der Waals surface area contributed by atoms with Crippen molar-refractivity contribution < 1.29 is 4.74 Å². The maximum atomic E-state index is 5.47. The fourth-order valence-electron chi connectivity index (χ4n) is 2.90. The quantitative estimate of drug-likeness (QED) is 0.586. The van der Waals surface area contributed by atoms with E-state index in [0.29, 0.717) is 0 Å². The summed E-state index contributed by atoms with van der Waals surface area (Å²) in [6.07, 6.45) is 5.24. The number of nitrogens with zero attached hydrogens (tertiary/aromatic N) is 2. The normalized spacial score (nSPS) is 16.2. The molecule has 0 bridgehead atoms. The summed E-state index contributed by atoms with van der Waals surface area (Å²) in [5.41, 5.74) is 1.23. The molecule has 1 fully saturated rings. The highest BCUT2D eigenvalue weighted by molar-refractivity contribution is 7.80. The molecule has 1 aromatic rings. The molecule has 0 radical (unpaired) electrons. The Kier molecular flexibility index (Phi) is 7.24. The van der Waals surface area contributed by atoms with Crippen molar-refractivity contribution in [2.24, 2.45) is 0 Å². The lowest BCUT2D eigenvalue weighted by molar-refractivity contribution is 0.251. The summed E-state index contributed by atoms with van der Waals surface area (Å²) in [5.74, 6) is 2.01. The predicted octanol–water partition coefficient (Wildman–Crippen LogP) is 3.31. The Hall–Kier alpha value is -0.870. The Morgan fingerprint density at radius 3 is 2.43 bits per heavy atom.